The Labute approximate surface area is 117 Å². The third-order valence-corrected chi connectivity index (χ3v) is 2.82. The van der Waals surface area contributed by atoms with Crippen LogP contribution in [0.25, 0.3) is 0 Å². The molecule has 0 unspecified atom stereocenters. The lowest BCUT2D eigenvalue weighted by atomic mass is 10.2. The van der Waals surface area contributed by atoms with Crippen LogP contribution in [0.2, 0.25) is 0 Å². The predicted molar refractivity (Wildman–Crippen MR) is 73.1 cm³/mol. The Kier molecular flexibility index (Phi) is 4.34. The average Bonchev–Trinajstić information content (AvgIpc) is 2.93. The molecule has 1 heterocycles. The number of ether oxygens (including phenoxy) is 2. The lowest BCUT2D eigenvalue weighted by molar-refractivity contribution is 0.112. The zero-order chi connectivity index (χ0) is 14.5. The predicted octanol–water partition coefficient (Wildman–Crippen LogP) is 2.26. The van der Waals surface area contributed by atoms with Crippen LogP contribution in [0.5, 0.6) is 11.5 Å². The number of hydrogen-bond donors (Lipinski definition) is 0. The summed E-state index contributed by atoms with van der Waals surface area (Å²) in [5.41, 5.74) is 0.541. The molecule has 0 bridgehead atoms. The highest BCUT2D eigenvalue weighted by Crippen LogP contribution is 2.28. The number of benzene rings is 1. The van der Waals surface area contributed by atoms with Crippen molar-refractivity contribution in [3.8, 4) is 11.5 Å². The van der Waals surface area contributed by atoms with E-state index in [1.807, 2.05) is 13.8 Å². The second kappa shape index (κ2) is 6.18. The van der Waals surface area contributed by atoms with E-state index in [1.54, 1.807) is 22.9 Å². The maximum Gasteiger partial charge on any atom is 0.165 e. The van der Waals surface area contributed by atoms with Crippen molar-refractivity contribution in [2.24, 2.45) is 0 Å². The Morgan fingerprint density at radius 3 is 2.80 bits per heavy atom. The minimum atomic E-state index is 0.218. The van der Waals surface area contributed by atoms with Crippen molar-refractivity contribution in [3.05, 3.63) is 35.9 Å². The highest BCUT2D eigenvalue weighted by molar-refractivity contribution is 5.76. The van der Waals surface area contributed by atoms with Crippen LogP contribution in [0.3, 0.4) is 0 Å². The number of hydrogen-bond acceptors (Lipinski definition) is 5. The number of carbonyl (C=O) groups excluding carboxylic acids is 1. The molecule has 0 N–H and O–H groups in total. The molecule has 6 heteroatoms. The van der Waals surface area contributed by atoms with Gasteiger partial charge in [0, 0.05) is 11.6 Å². The van der Waals surface area contributed by atoms with Crippen LogP contribution in [0.15, 0.2) is 24.5 Å². The van der Waals surface area contributed by atoms with Crippen LogP contribution in [0.4, 0.5) is 0 Å². The van der Waals surface area contributed by atoms with E-state index in [1.165, 1.54) is 13.4 Å². The Morgan fingerprint density at radius 2 is 2.15 bits per heavy atom. The van der Waals surface area contributed by atoms with E-state index < -0.39 is 0 Å². The van der Waals surface area contributed by atoms with Gasteiger partial charge in [-0.25, -0.2) is 9.67 Å². The molecular formula is C14H17N3O3. The first kappa shape index (κ1) is 14.0. The van der Waals surface area contributed by atoms with Gasteiger partial charge in [-0.1, -0.05) is 0 Å². The summed E-state index contributed by atoms with van der Waals surface area (Å²) in [4.78, 5) is 14.9. The summed E-state index contributed by atoms with van der Waals surface area (Å²) in [7, 11) is 1.54. The first-order valence-electron chi connectivity index (χ1n) is 6.30. The molecule has 0 aliphatic heterocycles. The number of rotatable bonds is 6. The zero-order valence-corrected chi connectivity index (χ0v) is 11.7. The monoisotopic (exact) mass is 275 g/mol. The van der Waals surface area contributed by atoms with E-state index >= 15 is 0 Å². The highest BCUT2D eigenvalue weighted by Gasteiger charge is 2.10. The Hall–Kier alpha value is -2.37. The molecule has 0 spiro atoms. The van der Waals surface area contributed by atoms with Gasteiger partial charge in [0.1, 0.15) is 19.2 Å². The third-order valence-electron chi connectivity index (χ3n) is 2.82. The topological polar surface area (TPSA) is 66.2 Å². The van der Waals surface area contributed by atoms with Crippen LogP contribution < -0.4 is 9.47 Å². The van der Waals surface area contributed by atoms with Gasteiger partial charge in [-0.05, 0) is 32.0 Å². The fourth-order valence-electron chi connectivity index (χ4n) is 1.83. The Morgan fingerprint density at radius 1 is 1.35 bits per heavy atom. The third kappa shape index (κ3) is 2.96. The largest absolute Gasteiger partial charge is 0.493 e. The summed E-state index contributed by atoms with van der Waals surface area (Å²) in [5.74, 6) is 1.82. The lowest BCUT2D eigenvalue weighted by Crippen LogP contribution is -2.11. The van der Waals surface area contributed by atoms with Gasteiger partial charge in [0.05, 0.1) is 7.11 Å². The van der Waals surface area contributed by atoms with Gasteiger partial charge in [-0.15, -0.1) is 0 Å². The van der Waals surface area contributed by atoms with Crippen molar-refractivity contribution >= 4 is 6.29 Å². The maximum absolute atomic E-state index is 10.7. The summed E-state index contributed by atoms with van der Waals surface area (Å²) in [6.45, 7) is 4.34. The summed E-state index contributed by atoms with van der Waals surface area (Å²) >= 11 is 0. The van der Waals surface area contributed by atoms with Gasteiger partial charge in [0.15, 0.2) is 17.3 Å². The summed E-state index contributed by atoms with van der Waals surface area (Å²) in [5, 5.41) is 4.15. The van der Waals surface area contributed by atoms with Gasteiger partial charge < -0.3 is 9.47 Å². The van der Waals surface area contributed by atoms with Crippen molar-refractivity contribution < 1.29 is 14.3 Å². The molecule has 0 saturated heterocycles. The quantitative estimate of drug-likeness (QED) is 0.756. The van der Waals surface area contributed by atoms with Crippen LogP contribution in [-0.2, 0) is 6.61 Å². The van der Waals surface area contributed by atoms with E-state index in [4.69, 9.17) is 9.47 Å². The Bertz CT molecular complexity index is 593. The molecule has 20 heavy (non-hydrogen) atoms. The molecule has 0 amide bonds. The molecule has 0 fully saturated rings. The number of aldehydes is 1. The molecule has 0 aliphatic carbocycles. The second-order valence-corrected chi connectivity index (χ2v) is 4.53. The number of methoxy groups -OCH3 is 1. The molecule has 2 rings (SSSR count). The summed E-state index contributed by atoms with van der Waals surface area (Å²) < 4.78 is 12.7. The zero-order valence-electron chi connectivity index (χ0n) is 11.7. The van der Waals surface area contributed by atoms with E-state index in [2.05, 4.69) is 10.1 Å². The van der Waals surface area contributed by atoms with Crippen molar-refractivity contribution in [1.82, 2.24) is 14.8 Å². The van der Waals surface area contributed by atoms with Gasteiger partial charge >= 0.3 is 0 Å². The van der Waals surface area contributed by atoms with E-state index in [9.17, 15) is 4.79 Å². The molecule has 106 valence electrons. The normalized spacial score (nSPS) is 10.6. The Balaban J connectivity index is 2.14. The summed E-state index contributed by atoms with van der Waals surface area (Å²) in [6.07, 6.45) is 2.27. The van der Waals surface area contributed by atoms with Crippen molar-refractivity contribution in [1.29, 1.82) is 0 Å². The molecule has 6 nitrogen and oxygen atoms in total. The summed E-state index contributed by atoms with van der Waals surface area (Å²) in [6, 6.07) is 5.24. The minimum absolute atomic E-state index is 0.218. The molecular weight excluding hydrogens is 258 g/mol. The van der Waals surface area contributed by atoms with E-state index in [-0.39, 0.29) is 12.6 Å². The van der Waals surface area contributed by atoms with Crippen LogP contribution in [0, 0.1) is 0 Å². The van der Waals surface area contributed by atoms with E-state index in [0.29, 0.717) is 17.1 Å². The molecule has 0 atom stereocenters. The van der Waals surface area contributed by atoms with Crippen LogP contribution in [0.1, 0.15) is 36.1 Å². The van der Waals surface area contributed by atoms with Crippen molar-refractivity contribution in [2.45, 2.75) is 26.5 Å². The number of nitrogens with zero attached hydrogens (tertiary/aromatic N) is 3. The number of aromatic nitrogens is 3. The first-order chi connectivity index (χ1) is 9.65. The van der Waals surface area contributed by atoms with Gasteiger partial charge in [-0.2, -0.15) is 5.10 Å². The average molecular weight is 275 g/mol. The lowest BCUT2D eigenvalue weighted by Gasteiger charge is -2.12. The molecule has 0 saturated carbocycles. The molecule has 2 aromatic rings. The first-order valence-corrected chi connectivity index (χ1v) is 6.30. The molecule has 1 aromatic heterocycles. The van der Waals surface area contributed by atoms with Gasteiger partial charge in [0.25, 0.3) is 0 Å². The molecule has 0 radical (unpaired) electrons. The fourth-order valence-corrected chi connectivity index (χ4v) is 1.83. The SMILES string of the molecule is COc1cc(C=O)ccc1OCc1ncnn1C(C)C. The van der Waals surface area contributed by atoms with Crippen molar-refractivity contribution in [3.63, 3.8) is 0 Å². The minimum Gasteiger partial charge on any atom is -0.493 e. The standard InChI is InChI=1S/C14H17N3O3/c1-10(2)17-14(15-9-16-17)8-20-12-5-4-11(7-18)6-13(12)19-3/h4-7,9-10H,8H2,1-3H3. The van der Waals surface area contributed by atoms with Crippen LogP contribution in [-0.4, -0.2) is 28.2 Å². The van der Waals surface area contributed by atoms with Gasteiger partial charge in [0.2, 0.25) is 0 Å². The highest BCUT2D eigenvalue weighted by atomic mass is 16.5. The second-order valence-electron chi connectivity index (χ2n) is 4.53. The van der Waals surface area contributed by atoms with Crippen LogP contribution >= 0.6 is 0 Å². The fraction of sp³-hybridized carbons (Fsp3) is 0.357. The smallest absolute Gasteiger partial charge is 0.165 e. The molecule has 0 aliphatic rings. The maximum atomic E-state index is 10.7. The number of carbonyl (C=O) groups is 1. The molecule has 1 aromatic carbocycles. The van der Waals surface area contributed by atoms with E-state index in [0.717, 1.165) is 12.1 Å². The van der Waals surface area contributed by atoms with Gasteiger partial charge in [-0.3, -0.25) is 4.79 Å². The van der Waals surface area contributed by atoms with Crippen molar-refractivity contribution in [2.75, 3.05) is 7.11 Å².